The van der Waals surface area contributed by atoms with Crippen LogP contribution in [0.4, 0.5) is 11.4 Å². The molecule has 0 heterocycles. The van der Waals surface area contributed by atoms with Gasteiger partial charge in [0.1, 0.15) is 0 Å². The van der Waals surface area contributed by atoms with Crippen molar-refractivity contribution in [2.75, 3.05) is 5.32 Å². The first kappa shape index (κ1) is 14.6. The molecule has 0 aliphatic heterocycles. The van der Waals surface area contributed by atoms with Crippen molar-refractivity contribution in [2.45, 2.75) is 13.8 Å². The first-order valence-electron chi connectivity index (χ1n) is 6.34. The summed E-state index contributed by atoms with van der Waals surface area (Å²) >= 11 is 0. The maximum atomic E-state index is 11.3. The summed E-state index contributed by atoms with van der Waals surface area (Å²) in [5.74, 6) is -2.13. The van der Waals surface area contributed by atoms with Crippen molar-refractivity contribution in [1.82, 2.24) is 0 Å². The van der Waals surface area contributed by atoms with Crippen LogP contribution in [0.25, 0.3) is 0 Å². The van der Waals surface area contributed by atoms with Gasteiger partial charge in [-0.3, -0.25) is 0 Å². The number of rotatable bonds is 4. The molecule has 0 spiro atoms. The molecule has 108 valence electrons. The molecule has 3 N–H and O–H groups in total. The molecule has 5 nitrogen and oxygen atoms in total. The third-order valence-electron chi connectivity index (χ3n) is 3.38. The maximum absolute atomic E-state index is 11.3. The molecular weight excluding hydrogens is 270 g/mol. The van der Waals surface area contributed by atoms with Gasteiger partial charge in [-0.15, -0.1) is 0 Å². The highest BCUT2D eigenvalue weighted by atomic mass is 16.4. The van der Waals surface area contributed by atoms with Crippen molar-refractivity contribution in [2.24, 2.45) is 0 Å². The van der Waals surface area contributed by atoms with E-state index in [1.54, 1.807) is 31.2 Å². The van der Waals surface area contributed by atoms with Gasteiger partial charge in [-0.1, -0.05) is 18.2 Å². The monoisotopic (exact) mass is 285 g/mol. The largest absolute Gasteiger partial charge is 0.478 e. The number of carbonyl (C=O) groups is 2. The molecule has 0 aliphatic rings. The summed E-state index contributed by atoms with van der Waals surface area (Å²) in [5.41, 5.74) is 2.68. The molecular formula is C16H15NO4. The molecule has 2 aromatic carbocycles. The number of nitrogens with one attached hydrogen (secondary N) is 1. The van der Waals surface area contributed by atoms with E-state index in [0.29, 0.717) is 11.4 Å². The Morgan fingerprint density at radius 3 is 2.14 bits per heavy atom. The normalized spacial score (nSPS) is 10.2. The predicted octanol–water partition coefficient (Wildman–Crippen LogP) is 3.44. The van der Waals surface area contributed by atoms with E-state index in [0.717, 1.165) is 11.1 Å². The summed E-state index contributed by atoms with van der Waals surface area (Å²) in [4.78, 5) is 22.6. The van der Waals surface area contributed by atoms with Crippen LogP contribution in [-0.4, -0.2) is 22.2 Å². The quantitative estimate of drug-likeness (QED) is 0.801. The second kappa shape index (κ2) is 5.66. The van der Waals surface area contributed by atoms with Gasteiger partial charge in [-0.05, 0) is 43.2 Å². The summed E-state index contributed by atoms with van der Waals surface area (Å²) in [6, 6.07) is 9.63. The predicted molar refractivity (Wildman–Crippen MR) is 79.6 cm³/mol. The van der Waals surface area contributed by atoms with Crippen LogP contribution in [0.5, 0.6) is 0 Å². The van der Waals surface area contributed by atoms with Crippen LogP contribution in [0, 0.1) is 13.8 Å². The van der Waals surface area contributed by atoms with Crippen molar-refractivity contribution in [3.05, 3.63) is 58.7 Å². The van der Waals surface area contributed by atoms with Crippen LogP contribution in [0.1, 0.15) is 31.8 Å². The second-order valence-electron chi connectivity index (χ2n) is 4.71. The molecule has 0 radical (unpaired) electrons. The number of hydrogen-bond acceptors (Lipinski definition) is 3. The summed E-state index contributed by atoms with van der Waals surface area (Å²) in [6.45, 7) is 3.67. The molecule has 2 aromatic rings. The fourth-order valence-electron chi connectivity index (χ4n) is 2.07. The molecule has 21 heavy (non-hydrogen) atoms. The van der Waals surface area contributed by atoms with Crippen LogP contribution in [0.2, 0.25) is 0 Å². The summed E-state index contributed by atoms with van der Waals surface area (Å²) in [7, 11) is 0. The zero-order valence-corrected chi connectivity index (χ0v) is 11.7. The van der Waals surface area contributed by atoms with E-state index in [4.69, 9.17) is 0 Å². The molecule has 0 aromatic heterocycles. The molecule has 5 heteroatoms. The first-order valence-corrected chi connectivity index (χ1v) is 6.34. The molecule has 0 saturated carbocycles. The average Bonchev–Trinajstić information content (AvgIpc) is 2.44. The van der Waals surface area contributed by atoms with E-state index in [2.05, 4.69) is 5.32 Å². The maximum Gasteiger partial charge on any atom is 0.337 e. The van der Waals surface area contributed by atoms with Crippen molar-refractivity contribution in [3.8, 4) is 0 Å². The van der Waals surface area contributed by atoms with Crippen LogP contribution in [0.3, 0.4) is 0 Å². The van der Waals surface area contributed by atoms with Gasteiger partial charge in [0.2, 0.25) is 0 Å². The van der Waals surface area contributed by atoms with Gasteiger partial charge in [0, 0.05) is 0 Å². The average molecular weight is 285 g/mol. The van der Waals surface area contributed by atoms with Crippen molar-refractivity contribution >= 4 is 23.3 Å². The summed E-state index contributed by atoms with van der Waals surface area (Å²) < 4.78 is 0. The lowest BCUT2D eigenvalue weighted by Gasteiger charge is -2.16. The third-order valence-corrected chi connectivity index (χ3v) is 3.38. The Hall–Kier alpha value is -2.82. The number of hydrogen-bond donors (Lipinski definition) is 3. The van der Waals surface area contributed by atoms with Crippen LogP contribution in [0.15, 0.2) is 36.4 Å². The van der Waals surface area contributed by atoms with Gasteiger partial charge < -0.3 is 15.5 Å². The fourth-order valence-corrected chi connectivity index (χ4v) is 2.07. The van der Waals surface area contributed by atoms with Gasteiger partial charge >= 0.3 is 11.9 Å². The number of carboxylic acid groups (broad SMARTS) is 2. The number of aromatic carboxylic acids is 2. The molecule has 0 bridgehead atoms. The zero-order chi connectivity index (χ0) is 15.6. The van der Waals surface area contributed by atoms with Crippen molar-refractivity contribution in [1.29, 1.82) is 0 Å². The Bertz CT molecular complexity index is 722. The Kier molecular flexibility index (Phi) is 3.93. The van der Waals surface area contributed by atoms with E-state index in [1.165, 1.54) is 12.1 Å². The Balaban J connectivity index is 2.57. The van der Waals surface area contributed by atoms with Crippen LogP contribution in [-0.2, 0) is 0 Å². The third kappa shape index (κ3) is 2.86. The van der Waals surface area contributed by atoms with Gasteiger partial charge in [0.25, 0.3) is 0 Å². The molecule has 0 saturated heterocycles. The van der Waals surface area contributed by atoms with E-state index in [9.17, 15) is 19.8 Å². The van der Waals surface area contributed by atoms with Gasteiger partial charge in [-0.25, -0.2) is 9.59 Å². The van der Waals surface area contributed by atoms with E-state index in [-0.39, 0.29) is 11.1 Å². The minimum atomic E-state index is -1.07. The second-order valence-corrected chi connectivity index (χ2v) is 4.71. The van der Waals surface area contributed by atoms with E-state index >= 15 is 0 Å². The fraction of sp³-hybridized carbons (Fsp3) is 0.125. The van der Waals surface area contributed by atoms with Crippen LogP contribution >= 0.6 is 0 Å². The van der Waals surface area contributed by atoms with Gasteiger partial charge in [0.15, 0.2) is 0 Å². The highest BCUT2D eigenvalue weighted by molar-refractivity contribution is 5.99. The first-order chi connectivity index (χ1) is 9.91. The van der Waals surface area contributed by atoms with Crippen LogP contribution < -0.4 is 5.32 Å². The number of aryl methyl sites for hydroxylation is 1. The molecule has 0 amide bonds. The zero-order valence-electron chi connectivity index (χ0n) is 11.7. The minimum Gasteiger partial charge on any atom is -0.478 e. The van der Waals surface area contributed by atoms with Gasteiger partial charge in [0.05, 0.1) is 22.5 Å². The molecule has 0 atom stereocenters. The molecule has 0 aliphatic carbocycles. The topological polar surface area (TPSA) is 86.6 Å². The lowest BCUT2D eigenvalue weighted by Crippen LogP contribution is -2.08. The van der Waals surface area contributed by atoms with Gasteiger partial charge in [-0.2, -0.15) is 0 Å². The lowest BCUT2D eigenvalue weighted by molar-refractivity contribution is 0.0688. The highest BCUT2D eigenvalue weighted by Gasteiger charge is 2.16. The Labute approximate surface area is 121 Å². The SMILES string of the molecule is Cc1ccc(C(=O)O)c(Nc2ccccc2C(=O)O)c1C. The number of para-hydroxylation sites is 1. The molecule has 0 fully saturated rings. The number of anilines is 2. The standard InChI is InChI=1S/C16H15NO4/c1-9-7-8-12(16(20)21)14(10(9)2)17-13-6-4-3-5-11(13)15(18)19/h3-8,17H,1-2H3,(H,18,19)(H,20,21). The summed E-state index contributed by atoms with van der Waals surface area (Å²) in [6.07, 6.45) is 0. The van der Waals surface area contributed by atoms with E-state index in [1.807, 2.05) is 6.92 Å². The number of carboxylic acids is 2. The lowest BCUT2D eigenvalue weighted by atomic mass is 10.0. The van der Waals surface area contributed by atoms with E-state index < -0.39 is 11.9 Å². The molecule has 0 unspecified atom stereocenters. The smallest absolute Gasteiger partial charge is 0.337 e. The Morgan fingerprint density at radius 1 is 0.905 bits per heavy atom. The number of benzene rings is 2. The minimum absolute atomic E-state index is 0.0924. The van der Waals surface area contributed by atoms with Crippen molar-refractivity contribution < 1.29 is 19.8 Å². The highest BCUT2D eigenvalue weighted by Crippen LogP contribution is 2.29. The Morgan fingerprint density at radius 2 is 1.52 bits per heavy atom. The molecule has 2 rings (SSSR count). The van der Waals surface area contributed by atoms with Crippen molar-refractivity contribution in [3.63, 3.8) is 0 Å². The summed E-state index contributed by atoms with van der Waals surface area (Å²) in [5, 5.41) is 21.4.